The maximum Gasteiger partial charge on any atom is 0.346 e. The van der Waals surface area contributed by atoms with Crippen LogP contribution >= 0.6 is 23.1 Å². The summed E-state index contributed by atoms with van der Waals surface area (Å²) in [4.78, 5) is 20.3. The topological polar surface area (TPSA) is 86.0 Å². The predicted octanol–water partition coefficient (Wildman–Crippen LogP) is 13.5. The van der Waals surface area contributed by atoms with Crippen LogP contribution in [0.5, 0.6) is 11.5 Å². The highest BCUT2D eigenvalue weighted by Crippen LogP contribution is 2.51. The first kappa shape index (κ1) is 39.3. The highest BCUT2D eigenvalue weighted by atomic mass is 32.2. The van der Waals surface area contributed by atoms with Crippen LogP contribution in [0.15, 0.2) is 137 Å². The standard InChI is InChI=1S/C48H45N3O4S2/c1-4-5-6-7-8-9-28-50-43-25-12-34(30-46(43)57-47-31-35(13-26-44(47)50)45-27-24-42(56-45)29-36(32-49)48(52)53)33-10-14-37(15-11-33)51(38-16-20-40(54-2)21-17-38)39-18-22-41(55-3)23-19-39/h10-27,29-31H,4-9,28H2,1-3H3,(H,52,53)/b36-29-. The Kier molecular flexibility index (Phi) is 12.6. The minimum absolute atomic E-state index is 0.274. The molecule has 6 aromatic rings. The molecule has 5 aromatic carbocycles. The van der Waals surface area contributed by atoms with E-state index in [0.29, 0.717) is 0 Å². The minimum Gasteiger partial charge on any atom is -0.497 e. The molecule has 1 N–H and O–H groups in total. The number of nitriles is 1. The van der Waals surface area contributed by atoms with Crippen molar-refractivity contribution in [3.05, 3.63) is 132 Å². The van der Waals surface area contributed by atoms with Crippen molar-refractivity contribution in [2.75, 3.05) is 30.6 Å². The van der Waals surface area contributed by atoms with E-state index >= 15 is 0 Å². The van der Waals surface area contributed by atoms with Gasteiger partial charge in [-0.1, -0.05) is 75.1 Å². The molecule has 0 unspecified atom stereocenters. The molecule has 1 aliphatic heterocycles. The van der Waals surface area contributed by atoms with E-state index in [0.717, 1.165) is 68.0 Å². The number of carboxylic acids is 1. The summed E-state index contributed by atoms with van der Waals surface area (Å²) in [5, 5.41) is 18.6. The van der Waals surface area contributed by atoms with Gasteiger partial charge in [0.25, 0.3) is 0 Å². The van der Waals surface area contributed by atoms with E-state index in [-0.39, 0.29) is 5.57 Å². The number of carboxylic acid groups (broad SMARTS) is 1. The molecule has 1 aromatic heterocycles. The fourth-order valence-corrected chi connectivity index (χ4v) is 9.21. The van der Waals surface area contributed by atoms with Gasteiger partial charge in [0, 0.05) is 43.2 Å². The van der Waals surface area contributed by atoms with E-state index in [1.165, 1.54) is 70.7 Å². The van der Waals surface area contributed by atoms with Gasteiger partial charge < -0.3 is 24.4 Å². The maximum absolute atomic E-state index is 11.4. The first-order valence-electron chi connectivity index (χ1n) is 19.3. The van der Waals surface area contributed by atoms with Crippen molar-refractivity contribution < 1.29 is 19.4 Å². The van der Waals surface area contributed by atoms with Gasteiger partial charge in [0.15, 0.2) is 0 Å². The number of unbranched alkanes of at least 4 members (excludes halogenated alkanes) is 5. The summed E-state index contributed by atoms with van der Waals surface area (Å²) in [6.45, 7) is 3.19. The minimum atomic E-state index is -1.22. The van der Waals surface area contributed by atoms with Crippen molar-refractivity contribution in [3.63, 3.8) is 0 Å². The third-order valence-corrected chi connectivity index (χ3v) is 12.3. The number of carbonyl (C=O) groups is 1. The van der Waals surface area contributed by atoms with E-state index in [1.54, 1.807) is 32.1 Å². The number of methoxy groups -OCH3 is 2. The second kappa shape index (κ2) is 18.3. The maximum atomic E-state index is 11.4. The Balaban J connectivity index is 1.19. The van der Waals surface area contributed by atoms with Gasteiger partial charge >= 0.3 is 5.97 Å². The van der Waals surface area contributed by atoms with Crippen LogP contribution in [0.2, 0.25) is 0 Å². The van der Waals surface area contributed by atoms with Crippen molar-refractivity contribution in [3.8, 4) is 39.1 Å². The van der Waals surface area contributed by atoms with Crippen LogP contribution in [-0.4, -0.2) is 31.8 Å². The van der Waals surface area contributed by atoms with E-state index in [4.69, 9.17) is 9.47 Å². The van der Waals surface area contributed by atoms with Gasteiger partial charge in [-0.2, -0.15) is 5.26 Å². The van der Waals surface area contributed by atoms with Gasteiger partial charge in [-0.05, 0) is 126 Å². The molecule has 0 atom stereocenters. The fraction of sp³-hybridized carbons (Fsp3) is 0.208. The third kappa shape index (κ3) is 9.04. The molecule has 2 heterocycles. The molecule has 288 valence electrons. The summed E-state index contributed by atoms with van der Waals surface area (Å²) in [5.74, 6) is 0.389. The summed E-state index contributed by atoms with van der Waals surface area (Å²) >= 11 is 3.27. The van der Waals surface area contributed by atoms with Crippen molar-refractivity contribution in [1.82, 2.24) is 0 Å². The molecular formula is C48H45N3O4S2. The summed E-state index contributed by atoms with van der Waals surface area (Å²) in [6.07, 6.45) is 8.81. The number of ether oxygens (including phenoxy) is 2. The number of nitrogens with zero attached hydrogens (tertiary/aromatic N) is 3. The number of rotatable bonds is 16. The smallest absolute Gasteiger partial charge is 0.346 e. The molecule has 0 bridgehead atoms. The summed E-state index contributed by atoms with van der Waals surface area (Å²) < 4.78 is 10.9. The van der Waals surface area contributed by atoms with E-state index in [2.05, 4.69) is 102 Å². The summed E-state index contributed by atoms with van der Waals surface area (Å²) in [5.41, 5.74) is 8.56. The van der Waals surface area contributed by atoms with Gasteiger partial charge in [-0.15, -0.1) is 11.3 Å². The molecule has 0 saturated carbocycles. The van der Waals surface area contributed by atoms with Crippen molar-refractivity contribution in [2.24, 2.45) is 0 Å². The van der Waals surface area contributed by atoms with Crippen LogP contribution < -0.4 is 19.3 Å². The largest absolute Gasteiger partial charge is 0.497 e. The molecule has 7 nitrogen and oxygen atoms in total. The van der Waals surface area contributed by atoms with Gasteiger partial charge in [0.1, 0.15) is 23.1 Å². The number of hydrogen-bond acceptors (Lipinski definition) is 8. The normalized spacial score (nSPS) is 12.0. The molecular weight excluding hydrogens is 747 g/mol. The molecule has 7 rings (SSSR count). The monoisotopic (exact) mass is 791 g/mol. The zero-order chi connectivity index (χ0) is 39.7. The van der Waals surface area contributed by atoms with Crippen molar-refractivity contribution in [1.29, 1.82) is 5.26 Å². The Morgan fingerprint density at radius 3 is 1.79 bits per heavy atom. The van der Waals surface area contributed by atoms with E-state index < -0.39 is 5.97 Å². The van der Waals surface area contributed by atoms with Gasteiger partial charge in [0.2, 0.25) is 0 Å². The van der Waals surface area contributed by atoms with Gasteiger partial charge in [-0.25, -0.2) is 4.79 Å². The first-order chi connectivity index (χ1) is 27.9. The second-order valence-electron chi connectivity index (χ2n) is 13.8. The van der Waals surface area contributed by atoms with Crippen LogP contribution in [0.1, 0.15) is 50.3 Å². The summed E-state index contributed by atoms with van der Waals surface area (Å²) in [6, 6.07) is 44.0. The molecule has 1 aliphatic rings. The lowest BCUT2D eigenvalue weighted by Crippen LogP contribution is -2.22. The molecule has 0 aliphatic carbocycles. The third-order valence-electron chi connectivity index (χ3n) is 10.1. The first-order valence-corrected chi connectivity index (χ1v) is 20.9. The quantitative estimate of drug-likeness (QED) is 0.0589. The highest BCUT2D eigenvalue weighted by Gasteiger charge is 2.25. The summed E-state index contributed by atoms with van der Waals surface area (Å²) in [7, 11) is 3.35. The average molecular weight is 792 g/mol. The SMILES string of the molecule is CCCCCCCCN1c2ccc(-c3ccc(N(c4ccc(OC)cc4)c4ccc(OC)cc4)cc3)cc2Sc2cc(-c3ccc(/C=C(/C#N)C(=O)O)s3)ccc21. The van der Waals surface area contributed by atoms with Crippen LogP contribution in [0.4, 0.5) is 28.4 Å². The number of benzene rings is 5. The van der Waals surface area contributed by atoms with Crippen LogP contribution in [0.3, 0.4) is 0 Å². The number of fused-ring (bicyclic) bond motifs is 2. The van der Waals surface area contributed by atoms with Crippen LogP contribution in [-0.2, 0) is 4.79 Å². The van der Waals surface area contributed by atoms with Gasteiger partial charge in [0.05, 0.1) is 25.6 Å². The second-order valence-corrected chi connectivity index (χ2v) is 16.0. The molecule has 0 fully saturated rings. The zero-order valence-corrected chi connectivity index (χ0v) is 34.0. The lowest BCUT2D eigenvalue weighted by molar-refractivity contribution is -0.132. The van der Waals surface area contributed by atoms with Crippen molar-refractivity contribution >= 4 is 63.6 Å². The van der Waals surface area contributed by atoms with E-state index in [1.807, 2.05) is 36.4 Å². The molecule has 57 heavy (non-hydrogen) atoms. The number of hydrogen-bond donors (Lipinski definition) is 1. The lowest BCUT2D eigenvalue weighted by Gasteiger charge is -2.33. The Hall–Kier alpha value is -5.95. The molecule has 0 spiro atoms. The van der Waals surface area contributed by atoms with Crippen molar-refractivity contribution in [2.45, 2.75) is 55.2 Å². The lowest BCUT2D eigenvalue weighted by atomic mass is 10.0. The molecule has 0 saturated heterocycles. The molecule has 9 heteroatoms. The number of aliphatic carboxylic acids is 1. The number of thiophene rings is 1. The zero-order valence-electron chi connectivity index (χ0n) is 32.4. The Morgan fingerprint density at radius 2 is 1.23 bits per heavy atom. The highest BCUT2D eigenvalue weighted by molar-refractivity contribution is 7.99. The molecule has 0 radical (unpaired) electrons. The Labute approximate surface area is 343 Å². The van der Waals surface area contributed by atoms with Crippen LogP contribution in [0.25, 0.3) is 27.6 Å². The van der Waals surface area contributed by atoms with Crippen LogP contribution in [0, 0.1) is 11.3 Å². The predicted molar refractivity (Wildman–Crippen MR) is 235 cm³/mol. The van der Waals surface area contributed by atoms with Gasteiger partial charge in [-0.3, -0.25) is 0 Å². The fourth-order valence-electron chi connectivity index (χ4n) is 7.09. The number of anilines is 5. The Morgan fingerprint density at radius 1 is 0.702 bits per heavy atom. The Bertz CT molecular complexity index is 2350. The van der Waals surface area contributed by atoms with E-state index in [9.17, 15) is 15.2 Å². The molecule has 0 amide bonds. The average Bonchev–Trinajstić information content (AvgIpc) is 3.72.